The number of hydrogen-bond donors (Lipinski definition) is 1. The third-order valence-electron chi connectivity index (χ3n) is 2.62. The van der Waals surface area contributed by atoms with Gasteiger partial charge in [0.2, 0.25) is 0 Å². The molecular weight excluding hydrogens is 315 g/mol. The average molecular weight is 328 g/mol. The van der Waals surface area contributed by atoms with Gasteiger partial charge in [-0.05, 0) is 53.3 Å². The molecule has 1 aromatic carbocycles. The summed E-state index contributed by atoms with van der Waals surface area (Å²) in [6.45, 7) is 1.76. The van der Waals surface area contributed by atoms with Gasteiger partial charge in [0.05, 0.1) is 5.69 Å². The number of aliphatic hydroxyl groups is 1. The van der Waals surface area contributed by atoms with Gasteiger partial charge in [0.15, 0.2) is 0 Å². The van der Waals surface area contributed by atoms with Gasteiger partial charge < -0.3 is 5.11 Å². The summed E-state index contributed by atoms with van der Waals surface area (Å²) in [6, 6.07) is 9.64. The molecule has 0 aliphatic heterocycles. The Kier molecular flexibility index (Phi) is 3.03. The predicted octanol–water partition coefficient (Wildman–Crippen LogP) is 2.28. The first-order valence-electron chi connectivity index (χ1n) is 4.98. The highest BCUT2D eigenvalue weighted by molar-refractivity contribution is 14.1. The van der Waals surface area contributed by atoms with E-state index in [1.165, 1.54) is 0 Å². The molecule has 84 valence electrons. The van der Waals surface area contributed by atoms with E-state index in [2.05, 4.69) is 27.7 Å². The Morgan fingerprint density at radius 3 is 2.38 bits per heavy atom. The zero-order chi connectivity index (χ0) is 11.8. The lowest BCUT2D eigenvalue weighted by atomic mass is 9.93. The van der Waals surface area contributed by atoms with Gasteiger partial charge in [-0.15, -0.1) is 0 Å². The fraction of sp³-hybridized carbons (Fsp3) is 0.250. The number of halogens is 1. The monoisotopic (exact) mass is 328 g/mol. The molecule has 0 saturated heterocycles. The molecule has 3 nitrogen and oxygen atoms in total. The summed E-state index contributed by atoms with van der Waals surface area (Å²) in [5.41, 5.74) is 0.480. The van der Waals surface area contributed by atoms with Crippen molar-refractivity contribution in [3.63, 3.8) is 0 Å². The largest absolute Gasteiger partial charge is 0.379 e. The fourth-order valence-corrected chi connectivity index (χ4v) is 1.96. The van der Waals surface area contributed by atoms with E-state index < -0.39 is 5.60 Å². The molecule has 0 unspecified atom stereocenters. The zero-order valence-corrected chi connectivity index (χ0v) is 11.3. The van der Waals surface area contributed by atoms with Gasteiger partial charge in [-0.2, -0.15) is 5.10 Å². The van der Waals surface area contributed by atoms with Crippen LogP contribution in [-0.4, -0.2) is 14.9 Å². The maximum atomic E-state index is 10.5. The highest BCUT2D eigenvalue weighted by Crippen LogP contribution is 2.27. The van der Waals surface area contributed by atoms with Crippen LogP contribution >= 0.6 is 22.6 Å². The summed E-state index contributed by atoms with van der Waals surface area (Å²) in [7, 11) is 1.84. The van der Waals surface area contributed by atoms with E-state index in [9.17, 15) is 5.11 Å². The van der Waals surface area contributed by atoms with Crippen molar-refractivity contribution in [3.05, 3.63) is 51.4 Å². The van der Waals surface area contributed by atoms with Gasteiger partial charge in [0.25, 0.3) is 0 Å². The lowest BCUT2D eigenvalue weighted by Gasteiger charge is -2.21. The van der Waals surface area contributed by atoms with E-state index in [1.807, 2.05) is 43.6 Å². The molecule has 2 aromatic rings. The summed E-state index contributed by atoms with van der Waals surface area (Å²) in [5.74, 6) is 0. The van der Waals surface area contributed by atoms with Crippen LogP contribution in [0.2, 0.25) is 0 Å². The summed E-state index contributed by atoms with van der Waals surface area (Å²) >= 11 is 2.24. The Bertz CT molecular complexity index is 488. The van der Waals surface area contributed by atoms with E-state index in [0.29, 0.717) is 5.69 Å². The van der Waals surface area contributed by atoms with E-state index in [1.54, 1.807) is 11.6 Å². The number of hydrogen-bond acceptors (Lipinski definition) is 2. The number of nitrogens with zero attached hydrogens (tertiary/aromatic N) is 2. The van der Waals surface area contributed by atoms with Gasteiger partial charge in [-0.1, -0.05) is 12.1 Å². The van der Waals surface area contributed by atoms with Crippen LogP contribution in [0.5, 0.6) is 0 Å². The van der Waals surface area contributed by atoms with Crippen LogP contribution in [0.1, 0.15) is 18.2 Å². The molecule has 0 fully saturated rings. The van der Waals surface area contributed by atoms with Crippen molar-refractivity contribution in [2.24, 2.45) is 7.05 Å². The molecule has 1 heterocycles. The number of aryl methyl sites for hydroxylation is 1. The van der Waals surface area contributed by atoms with E-state index in [0.717, 1.165) is 9.13 Å². The van der Waals surface area contributed by atoms with Crippen molar-refractivity contribution in [1.29, 1.82) is 0 Å². The Hall–Kier alpha value is -0.880. The maximum Gasteiger partial charge on any atom is 0.130 e. The van der Waals surface area contributed by atoms with Gasteiger partial charge in [-0.25, -0.2) is 0 Å². The highest BCUT2D eigenvalue weighted by Gasteiger charge is 2.27. The number of rotatable bonds is 2. The second-order valence-electron chi connectivity index (χ2n) is 3.95. The first-order chi connectivity index (χ1) is 7.50. The van der Waals surface area contributed by atoms with Crippen molar-refractivity contribution >= 4 is 22.6 Å². The molecule has 1 N–H and O–H groups in total. The smallest absolute Gasteiger partial charge is 0.130 e. The quantitative estimate of drug-likeness (QED) is 0.859. The lowest BCUT2D eigenvalue weighted by Crippen LogP contribution is -2.23. The van der Waals surface area contributed by atoms with Crippen molar-refractivity contribution in [2.45, 2.75) is 12.5 Å². The molecule has 1 aromatic heterocycles. The molecule has 16 heavy (non-hydrogen) atoms. The highest BCUT2D eigenvalue weighted by atomic mass is 127. The van der Waals surface area contributed by atoms with Crippen LogP contribution in [-0.2, 0) is 12.6 Å². The summed E-state index contributed by atoms with van der Waals surface area (Å²) in [5, 5.41) is 14.7. The molecule has 0 radical (unpaired) electrons. The van der Waals surface area contributed by atoms with Gasteiger partial charge in [0, 0.05) is 16.8 Å². The van der Waals surface area contributed by atoms with Crippen molar-refractivity contribution in [1.82, 2.24) is 9.78 Å². The third-order valence-corrected chi connectivity index (χ3v) is 3.34. The van der Waals surface area contributed by atoms with Crippen LogP contribution in [0.15, 0.2) is 36.5 Å². The van der Waals surface area contributed by atoms with Crippen molar-refractivity contribution in [2.75, 3.05) is 0 Å². The first-order valence-corrected chi connectivity index (χ1v) is 6.06. The molecule has 0 saturated carbocycles. The van der Waals surface area contributed by atoms with Crippen LogP contribution in [0, 0.1) is 3.57 Å². The van der Waals surface area contributed by atoms with Crippen LogP contribution in [0.4, 0.5) is 0 Å². The van der Waals surface area contributed by atoms with Crippen molar-refractivity contribution in [3.8, 4) is 0 Å². The second kappa shape index (κ2) is 4.18. The molecule has 0 spiro atoms. The maximum absolute atomic E-state index is 10.5. The molecular formula is C12H13IN2O. The molecule has 0 bridgehead atoms. The number of aromatic nitrogens is 2. The van der Waals surface area contributed by atoms with E-state index in [-0.39, 0.29) is 0 Å². The fourth-order valence-electron chi connectivity index (χ4n) is 1.60. The predicted molar refractivity (Wildman–Crippen MR) is 71.0 cm³/mol. The van der Waals surface area contributed by atoms with Crippen LogP contribution < -0.4 is 0 Å². The van der Waals surface area contributed by atoms with Crippen LogP contribution in [0.3, 0.4) is 0 Å². The zero-order valence-electron chi connectivity index (χ0n) is 9.18. The average Bonchev–Trinajstić information content (AvgIpc) is 2.66. The second-order valence-corrected chi connectivity index (χ2v) is 5.20. The van der Waals surface area contributed by atoms with Gasteiger partial charge in [-0.3, -0.25) is 4.68 Å². The normalized spacial score (nSPS) is 14.8. The standard InChI is InChI=1S/C12H13IN2O/c1-12(16,11-7-8-15(2)14-11)9-3-5-10(13)6-4-9/h3-8,16H,1-2H3/t12-/m0/s1. The summed E-state index contributed by atoms with van der Waals surface area (Å²) in [4.78, 5) is 0. The molecule has 4 heteroatoms. The first kappa shape index (κ1) is 11.6. The topological polar surface area (TPSA) is 38.0 Å². The lowest BCUT2D eigenvalue weighted by molar-refractivity contribution is 0.0967. The molecule has 2 rings (SSSR count). The number of benzene rings is 1. The summed E-state index contributed by atoms with van der Waals surface area (Å²) < 4.78 is 2.84. The third kappa shape index (κ3) is 2.12. The Morgan fingerprint density at radius 2 is 1.88 bits per heavy atom. The van der Waals surface area contributed by atoms with E-state index in [4.69, 9.17) is 0 Å². The van der Waals surface area contributed by atoms with E-state index >= 15 is 0 Å². The minimum Gasteiger partial charge on any atom is -0.379 e. The Balaban J connectivity index is 2.42. The minimum absolute atomic E-state index is 0.663. The minimum atomic E-state index is -1.04. The molecule has 0 amide bonds. The van der Waals surface area contributed by atoms with Gasteiger partial charge in [0.1, 0.15) is 5.60 Å². The molecule has 0 aliphatic rings. The Labute approximate surface area is 108 Å². The molecule has 1 atom stereocenters. The van der Waals surface area contributed by atoms with Crippen LogP contribution in [0.25, 0.3) is 0 Å². The summed E-state index contributed by atoms with van der Waals surface area (Å²) in [6.07, 6.45) is 1.83. The SMILES string of the molecule is Cn1ccc([C@@](C)(O)c2ccc(I)cc2)n1. The molecule has 0 aliphatic carbocycles. The van der Waals surface area contributed by atoms with Crippen molar-refractivity contribution < 1.29 is 5.11 Å². The van der Waals surface area contributed by atoms with Gasteiger partial charge >= 0.3 is 0 Å². The Morgan fingerprint density at radius 1 is 1.25 bits per heavy atom.